The quantitative estimate of drug-likeness (QED) is 0.167. The predicted molar refractivity (Wildman–Crippen MR) is 199 cm³/mol. The van der Waals surface area contributed by atoms with E-state index >= 15 is 0 Å². The van der Waals surface area contributed by atoms with Gasteiger partial charge in [0.05, 0.1) is 30.6 Å². The van der Waals surface area contributed by atoms with Crippen LogP contribution >= 0.6 is 0 Å². The predicted octanol–water partition coefficient (Wildman–Crippen LogP) is 6.76. The van der Waals surface area contributed by atoms with Crippen molar-refractivity contribution in [1.82, 2.24) is 15.6 Å². The summed E-state index contributed by atoms with van der Waals surface area (Å²) in [6.07, 6.45) is 9.51. The molecule has 1 aromatic carbocycles. The molecule has 10 heteroatoms. The van der Waals surface area contributed by atoms with E-state index in [-0.39, 0.29) is 24.2 Å². The lowest BCUT2D eigenvalue weighted by molar-refractivity contribution is -0.139. The van der Waals surface area contributed by atoms with Crippen LogP contribution in [0.25, 0.3) is 12.2 Å². The summed E-state index contributed by atoms with van der Waals surface area (Å²) in [4.78, 5) is 47.2. The van der Waals surface area contributed by atoms with E-state index in [1.807, 2.05) is 70.2 Å². The lowest BCUT2D eigenvalue weighted by Crippen LogP contribution is -2.18. The van der Waals surface area contributed by atoms with Crippen LogP contribution < -0.4 is 10.6 Å². The second-order valence-corrected chi connectivity index (χ2v) is 14.2. The van der Waals surface area contributed by atoms with Gasteiger partial charge in [-0.25, -0.2) is 4.99 Å². The maximum atomic E-state index is 13.1. The summed E-state index contributed by atoms with van der Waals surface area (Å²) in [6.45, 7) is 15.6. The van der Waals surface area contributed by atoms with E-state index in [1.54, 1.807) is 13.0 Å². The highest BCUT2D eigenvalue weighted by molar-refractivity contribution is 7.91. The van der Waals surface area contributed by atoms with E-state index in [4.69, 9.17) is 9.73 Å². The Hall–Kier alpha value is -4.93. The monoisotopic (exact) mass is 692 g/mol. The molecule has 0 radical (unpaired) electrons. The van der Waals surface area contributed by atoms with Crippen LogP contribution in [0.1, 0.15) is 75.0 Å². The van der Waals surface area contributed by atoms with Crippen molar-refractivity contribution in [2.75, 3.05) is 12.9 Å². The van der Waals surface area contributed by atoms with Crippen LogP contribution in [0.3, 0.4) is 0 Å². The fourth-order valence-electron chi connectivity index (χ4n) is 6.32. The van der Waals surface area contributed by atoms with Crippen molar-refractivity contribution in [2.45, 2.75) is 72.1 Å². The first-order chi connectivity index (χ1) is 23.9. The smallest absolute Gasteiger partial charge is 0.310 e. The molecule has 1 atom stereocenters. The molecule has 0 fully saturated rings. The number of aryl methyl sites for hydroxylation is 1. The number of esters is 1. The molecular weight excluding hydrogens is 649 g/mol. The molecule has 1 unspecified atom stereocenters. The first kappa shape index (κ1) is 36.4. The van der Waals surface area contributed by atoms with Gasteiger partial charge < -0.3 is 24.9 Å². The molecule has 0 bridgehead atoms. The summed E-state index contributed by atoms with van der Waals surface area (Å²) in [5.74, 6) is -0.398. The van der Waals surface area contributed by atoms with Crippen molar-refractivity contribution in [3.05, 3.63) is 122 Å². The summed E-state index contributed by atoms with van der Waals surface area (Å²) < 4.78 is 18.0. The number of hydrogen-bond donors (Lipinski definition) is 3. The minimum Gasteiger partial charge on any atom is -0.611 e. The van der Waals surface area contributed by atoms with Crippen molar-refractivity contribution in [2.24, 2.45) is 4.99 Å². The molecule has 3 N–H and O–H groups in total. The largest absolute Gasteiger partial charge is 0.611 e. The average Bonchev–Trinajstić information content (AvgIpc) is 3.73. The summed E-state index contributed by atoms with van der Waals surface area (Å²) in [6, 6.07) is 7.60. The molecule has 260 valence electrons. The average molecular weight is 693 g/mol. The van der Waals surface area contributed by atoms with Gasteiger partial charge in [0.25, 0.3) is 11.8 Å². The van der Waals surface area contributed by atoms with Crippen LogP contribution in [0.4, 0.5) is 0 Å². The Balaban J connectivity index is 1.50. The third-order valence-electron chi connectivity index (χ3n) is 9.43. The summed E-state index contributed by atoms with van der Waals surface area (Å²) in [5.41, 5.74) is 11.8. The number of aromatic nitrogens is 1. The lowest BCUT2D eigenvalue weighted by Gasteiger charge is -2.10. The number of aromatic amines is 1. The number of rotatable bonds is 12. The summed E-state index contributed by atoms with van der Waals surface area (Å²) in [5, 5.41) is 5.90. The van der Waals surface area contributed by atoms with E-state index in [0.717, 1.165) is 73.8 Å². The Morgan fingerprint density at radius 1 is 0.900 bits per heavy atom. The lowest BCUT2D eigenvalue weighted by atomic mass is 9.99. The molecule has 0 aliphatic carbocycles. The Morgan fingerprint density at radius 2 is 1.60 bits per heavy atom. The molecule has 0 saturated heterocycles. The standard InChI is InChI=1S/C40H44N4O5S/c1-9-11-29-23(4)33(20-35-28(10-2)26(7)39(46)44-35)41-36(29)21-37-31(18-38(45)49-8)25(6)32(42-37)19-34-24(5)30(40(47)43-34)16-17-50(48)27-14-12-22(3)13-15-27/h10,12-15,19-21,42H,2,9,11,16-18H2,1,3-8H3,(H,43,47)(H,44,46)/b34-19-,35-20-,36-21-. The summed E-state index contributed by atoms with van der Waals surface area (Å²) >= 11 is -1.23. The Morgan fingerprint density at radius 3 is 2.26 bits per heavy atom. The van der Waals surface area contributed by atoms with Crippen molar-refractivity contribution in [3.63, 3.8) is 0 Å². The van der Waals surface area contributed by atoms with Crippen molar-refractivity contribution in [3.8, 4) is 0 Å². The first-order valence-electron chi connectivity index (χ1n) is 16.7. The highest BCUT2D eigenvalue weighted by Crippen LogP contribution is 2.35. The number of methoxy groups -OCH3 is 1. The maximum absolute atomic E-state index is 13.1. The Kier molecular flexibility index (Phi) is 11.1. The molecular formula is C40H44N4O5S. The van der Waals surface area contributed by atoms with Gasteiger partial charge in [-0.15, -0.1) is 0 Å². The third-order valence-corrected chi connectivity index (χ3v) is 10.8. The van der Waals surface area contributed by atoms with Gasteiger partial charge in [0, 0.05) is 40.2 Å². The number of amides is 2. The highest BCUT2D eigenvalue weighted by Gasteiger charge is 2.28. The zero-order chi connectivity index (χ0) is 36.3. The minimum atomic E-state index is -1.23. The fraction of sp³-hybridized carbons (Fsp3) is 0.300. The molecule has 0 saturated carbocycles. The second-order valence-electron chi connectivity index (χ2n) is 12.7. The normalized spacial score (nSPS) is 19.3. The van der Waals surface area contributed by atoms with E-state index in [2.05, 4.69) is 29.1 Å². The molecule has 3 aliphatic rings. The van der Waals surface area contributed by atoms with Gasteiger partial charge in [0.15, 0.2) is 4.90 Å². The Bertz CT molecular complexity index is 2000. The van der Waals surface area contributed by atoms with Gasteiger partial charge >= 0.3 is 5.97 Å². The number of carbonyl (C=O) groups excluding carboxylic acids is 3. The maximum Gasteiger partial charge on any atom is 0.310 e. The van der Waals surface area contributed by atoms with Gasteiger partial charge in [0.1, 0.15) is 5.75 Å². The molecule has 1 aromatic heterocycles. The molecule has 2 amide bonds. The molecule has 2 aromatic rings. The molecule has 50 heavy (non-hydrogen) atoms. The number of nitrogens with zero attached hydrogens (tertiary/aromatic N) is 1. The van der Waals surface area contributed by atoms with E-state index in [0.29, 0.717) is 40.4 Å². The van der Waals surface area contributed by atoms with Crippen LogP contribution in [-0.4, -0.2) is 45.9 Å². The van der Waals surface area contributed by atoms with Crippen LogP contribution in [-0.2, 0) is 36.7 Å². The second kappa shape index (κ2) is 15.3. The number of benzene rings is 1. The molecule has 9 nitrogen and oxygen atoms in total. The minimum absolute atomic E-state index is 0.0452. The number of hydrogen-bond acceptors (Lipinski definition) is 6. The van der Waals surface area contributed by atoms with Crippen LogP contribution in [0, 0.1) is 13.8 Å². The number of nitrogens with one attached hydrogen (secondary N) is 3. The van der Waals surface area contributed by atoms with E-state index in [9.17, 15) is 18.9 Å². The molecule has 5 rings (SSSR count). The Labute approximate surface area is 296 Å². The SMILES string of the molecule is C=CC1=C(C)C(=O)N/C1=C\C1=NC(=C\c2[nH]c(/C=C3\NC(=O)C(CC[S+]([O-])c4ccc(C)cc4)=C3C)c(C)c2CC(=O)OC)/C(CCC)=C1C. The number of H-pyrrole nitrogens is 1. The van der Waals surface area contributed by atoms with Crippen LogP contribution in [0.2, 0.25) is 0 Å². The molecule has 3 aliphatic heterocycles. The van der Waals surface area contributed by atoms with Crippen molar-refractivity contribution in [1.29, 1.82) is 0 Å². The number of allylic oxidation sites excluding steroid dienone is 5. The number of ether oxygens (including phenoxy) is 1. The van der Waals surface area contributed by atoms with Gasteiger partial charge in [-0.05, 0) is 110 Å². The topological polar surface area (TPSA) is 136 Å². The highest BCUT2D eigenvalue weighted by atomic mass is 32.2. The van der Waals surface area contributed by atoms with Gasteiger partial charge in [-0.3, -0.25) is 14.4 Å². The zero-order valence-corrected chi connectivity index (χ0v) is 30.6. The van der Waals surface area contributed by atoms with Crippen molar-refractivity contribution < 1.29 is 23.7 Å². The number of carbonyl (C=O) groups is 3. The van der Waals surface area contributed by atoms with Gasteiger partial charge in [0.2, 0.25) is 0 Å². The molecule has 4 heterocycles. The summed E-state index contributed by atoms with van der Waals surface area (Å²) in [7, 11) is 1.36. The number of aliphatic imine (C=N–C) groups is 1. The van der Waals surface area contributed by atoms with Gasteiger partial charge in [-0.2, -0.15) is 0 Å². The van der Waals surface area contributed by atoms with E-state index in [1.165, 1.54) is 7.11 Å². The van der Waals surface area contributed by atoms with Gasteiger partial charge in [-0.1, -0.05) is 43.7 Å². The first-order valence-corrected chi connectivity index (χ1v) is 18.0. The van der Waals surface area contributed by atoms with Crippen LogP contribution in [0.5, 0.6) is 0 Å². The third kappa shape index (κ3) is 7.46. The van der Waals surface area contributed by atoms with E-state index < -0.39 is 11.2 Å². The van der Waals surface area contributed by atoms with Crippen LogP contribution in [0.15, 0.2) is 103 Å². The zero-order valence-electron chi connectivity index (χ0n) is 29.8. The molecule has 0 spiro atoms. The fourth-order valence-corrected chi connectivity index (χ4v) is 7.38. The van der Waals surface area contributed by atoms with Crippen molar-refractivity contribution >= 4 is 46.8 Å².